The van der Waals surface area contributed by atoms with Gasteiger partial charge in [0.25, 0.3) is 0 Å². The normalized spacial score (nSPS) is 12.4. The minimum atomic E-state index is -0.395. The van der Waals surface area contributed by atoms with Crippen molar-refractivity contribution in [1.82, 2.24) is 5.32 Å². The molecule has 17 heavy (non-hydrogen) atoms. The summed E-state index contributed by atoms with van der Waals surface area (Å²) in [4.78, 5) is 11.2. The molecule has 0 aliphatic carbocycles. The lowest BCUT2D eigenvalue weighted by Gasteiger charge is -2.11. The summed E-state index contributed by atoms with van der Waals surface area (Å²) < 4.78 is 9.81. The highest BCUT2D eigenvalue weighted by Crippen LogP contribution is 2.09. The van der Waals surface area contributed by atoms with E-state index in [9.17, 15) is 4.79 Å². The zero-order chi connectivity index (χ0) is 12.7. The first-order chi connectivity index (χ1) is 8.17. The van der Waals surface area contributed by atoms with Gasteiger partial charge in [-0.2, -0.15) is 0 Å². The van der Waals surface area contributed by atoms with Crippen LogP contribution in [-0.2, 0) is 11.3 Å². The number of hydrogen-bond acceptors (Lipinski definition) is 5. The van der Waals surface area contributed by atoms with Gasteiger partial charge < -0.3 is 19.6 Å². The summed E-state index contributed by atoms with van der Waals surface area (Å²) in [6.45, 7) is 2.81. The second-order valence-corrected chi connectivity index (χ2v) is 3.94. The molecule has 2 N–H and O–H groups in total. The van der Waals surface area contributed by atoms with E-state index in [1.54, 1.807) is 6.07 Å². The van der Waals surface area contributed by atoms with Crippen LogP contribution in [0.1, 0.15) is 35.9 Å². The molecule has 0 fully saturated rings. The zero-order valence-corrected chi connectivity index (χ0v) is 10.2. The van der Waals surface area contributed by atoms with Crippen molar-refractivity contribution in [2.24, 2.45) is 0 Å². The Balaban J connectivity index is 2.36. The molecule has 5 nitrogen and oxygen atoms in total. The molecule has 0 aliphatic heterocycles. The van der Waals surface area contributed by atoms with Crippen molar-refractivity contribution >= 4 is 5.97 Å². The molecule has 0 aromatic carbocycles. The van der Waals surface area contributed by atoms with Crippen LogP contribution in [0.2, 0.25) is 0 Å². The lowest BCUT2D eigenvalue weighted by molar-refractivity contribution is 0.0600. The first-order valence-corrected chi connectivity index (χ1v) is 5.67. The lowest BCUT2D eigenvalue weighted by atomic mass is 10.2. The maximum absolute atomic E-state index is 11.2. The highest BCUT2D eigenvalue weighted by molar-refractivity contribution is 5.88. The van der Waals surface area contributed by atoms with Crippen molar-refractivity contribution in [3.05, 3.63) is 23.7 Å². The van der Waals surface area contributed by atoms with Gasteiger partial charge in [-0.15, -0.1) is 0 Å². The fourth-order valence-electron chi connectivity index (χ4n) is 1.47. The van der Waals surface area contributed by atoms with Crippen molar-refractivity contribution in [3.63, 3.8) is 0 Å². The van der Waals surface area contributed by atoms with Gasteiger partial charge in [0.2, 0.25) is 0 Å². The standard InChI is InChI=1S/C12H19NO4/c1-9(4-3-5-14)13-7-11-6-10(8-17-11)12(15)16-2/h6,8-9,13-14H,3-5,7H2,1-2H3. The Morgan fingerprint density at radius 3 is 3.06 bits per heavy atom. The van der Waals surface area contributed by atoms with Crippen LogP contribution >= 0.6 is 0 Å². The third-order valence-corrected chi connectivity index (χ3v) is 2.49. The molecule has 1 heterocycles. The Labute approximate surface area is 101 Å². The topological polar surface area (TPSA) is 71.7 Å². The quantitative estimate of drug-likeness (QED) is 0.704. The molecule has 0 saturated carbocycles. The summed E-state index contributed by atoms with van der Waals surface area (Å²) in [7, 11) is 1.34. The number of esters is 1. The molecule has 0 spiro atoms. The van der Waals surface area contributed by atoms with E-state index in [0.717, 1.165) is 12.8 Å². The second kappa shape index (κ2) is 7.09. The molecule has 0 aliphatic rings. The van der Waals surface area contributed by atoms with Crippen LogP contribution in [0.4, 0.5) is 0 Å². The zero-order valence-electron chi connectivity index (χ0n) is 10.2. The van der Waals surface area contributed by atoms with Gasteiger partial charge in [0, 0.05) is 12.6 Å². The Bertz CT molecular complexity index is 348. The predicted molar refractivity (Wildman–Crippen MR) is 62.7 cm³/mol. The van der Waals surface area contributed by atoms with Gasteiger partial charge in [-0.05, 0) is 25.8 Å². The summed E-state index contributed by atoms with van der Waals surface area (Å²) in [5.74, 6) is 0.301. The summed E-state index contributed by atoms with van der Waals surface area (Å²) in [6.07, 6.45) is 3.07. The van der Waals surface area contributed by atoms with Gasteiger partial charge in [-0.3, -0.25) is 0 Å². The maximum Gasteiger partial charge on any atom is 0.341 e. The van der Waals surface area contributed by atoms with Crippen LogP contribution in [-0.4, -0.2) is 30.8 Å². The molecule has 0 radical (unpaired) electrons. The smallest absolute Gasteiger partial charge is 0.341 e. The molecule has 1 unspecified atom stereocenters. The van der Waals surface area contributed by atoms with E-state index in [1.165, 1.54) is 13.4 Å². The first kappa shape index (κ1) is 13.7. The van der Waals surface area contributed by atoms with Crippen LogP contribution in [0.3, 0.4) is 0 Å². The molecule has 1 atom stereocenters. The molecule has 96 valence electrons. The van der Waals surface area contributed by atoms with Crippen LogP contribution in [0, 0.1) is 0 Å². The number of carbonyl (C=O) groups excluding carboxylic acids is 1. The van der Waals surface area contributed by atoms with E-state index in [-0.39, 0.29) is 6.61 Å². The highest BCUT2D eigenvalue weighted by Gasteiger charge is 2.10. The molecule has 1 rings (SSSR count). The van der Waals surface area contributed by atoms with Gasteiger partial charge in [-0.25, -0.2) is 4.79 Å². The van der Waals surface area contributed by atoms with E-state index in [1.807, 2.05) is 6.92 Å². The molecule has 0 saturated heterocycles. The van der Waals surface area contributed by atoms with Crippen LogP contribution in [0.25, 0.3) is 0 Å². The van der Waals surface area contributed by atoms with Gasteiger partial charge in [-0.1, -0.05) is 0 Å². The molecule has 0 amide bonds. The minimum Gasteiger partial charge on any atom is -0.467 e. The molecule has 5 heteroatoms. The van der Waals surface area contributed by atoms with Crippen LogP contribution in [0.5, 0.6) is 0 Å². The predicted octanol–water partition coefficient (Wildman–Crippen LogP) is 1.32. The van der Waals surface area contributed by atoms with Crippen LogP contribution < -0.4 is 5.32 Å². The minimum absolute atomic E-state index is 0.208. The number of hydrogen-bond donors (Lipinski definition) is 2. The van der Waals surface area contributed by atoms with E-state index in [0.29, 0.717) is 23.9 Å². The molecular formula is C12H19NO4. The fourth-order valence-corrected chi connectivity index (χ4v) is 1.47. The molecule has 1 aromatic heterocycles. The Morgan fingerprint density at radius 1 is 1.65 bits per heavy atom. The van der Waals surface area contributed by atoms with Crippen molar-refractivity contribution < 1.29 is 19.1 Å². The summed E-state index contributed by atoms with van der Waals surface area (Å²) in [5, 5.41) is 11.9. The number of ether oxygens (including phenoxy) is 1. The van der Waals surface area contributed by atoms with E-state index in [4.69, 9.17) is 9.52 Å². The number of carbonyl (C=O) groups is 1. The summed E-state index contributed by atoms with van der Waals surface area (Å²) in [6, 6.07) is 1.96. The van der Waals surface area contributed by atoms with Crippen molar-refractivity contribution in [1.29, 1.82) is 0 Å². The van der Waals surface area contributed by atoms with Gasteiger partial charge in [0.05, 0.1) is 19.2 Å². The van der Waals surface area contributed by atoms with Crippen molar-refractivity contribution in [3.8, 4) is 0 Å². The highest BCUT2D eigenvalue weighted by atomic mass is 16.5. The third kappa shape index (κ3) is 4.58. The number of aliphatic hydroxyl groups is 1. The number of nitrogens with one attached hydrogen (secondary N) is 1. The SMILES string of the molecule is COC(=O)c1coc(CNC(C)CCCO)c1. The Kier molecular flexibility index (Phi) is 5.72. The number of rotatable bonds is 7. The first-order valence-electron chi connectivity index (χ1n) is 5.67. The van der Waals surface area contributed by atoms with E-state index >= 15 is 0 Å². The fraction of sp³-hybridized carbons (Fsp3) is 0.583. The van der Waals surface area contributed by atoms with Crippen molar-refractivity contribution in [2.45, 2.75) is 32.4 Å². The maximum atomic E-state index is 11.2. The number of methoxy groups -OCH3 is 1. The third-order valence-electron chi connectivity index (χ3n) is 2.49. The van der Waals surface area contributed by atoms with Crippen LogP contribution in [0.15, 0.2) is 16.7 Å². The lowest BCUT2D eigenvalue weighted by Crippen LogP contribution is -2.25. The largest absolute Gasteiger partial charge is 0.467 e. The average Bonchev–Trinajstić information content (AvgIpc) is 2.81. The molecule has 0 bridgehead atoms. The van der Waals surface area contributed by atoms with Gasteiger partial charge in [0.15, 0.2) is 0 Å². The summed E-state index contributed by atoms with van der Waals surface area (Å²) >= 11 is 0. The second-order valence-electron chi connectivity index (χ2n) is 3.94. The van der Waals surface area contributed by atoms with Gasteiger partial charge >= 0.3 is 5.97 Å². The monoisotopic (exact) mass is 241 g/mol. The van der Waals surface area contributed by atoms with E-state index < -0.39 is 5.97 Å². The Morgan fingerprint density at radius 2 is 2.41 bits per heavy atom. The molecular weight excluding hydrogens is 222 g/mol. The van der Waals surface area contributed by atoms with Gasteiger partial charge in [0.1, 0.15) is 12.0 Å². The molecule has 1 aromatic rings. The number of furan rings is 1. The summed E-state index contributed by atoms with van der Waals surface area (Å²) in [5.41, 5.74) is 0.423. The average molecular weight is 241 g/mol. The van der Waals surface area contributed by atoms with E-state index in [2.05, 4.69) is 10.1 Å². The Hall–Kier alpha value is -1.33. The number of aliphatic hydroxyl groups excluding tert-OH is 1. The van der Waals surface area contributed by atoms with Crippen molar-refractivity contribution in [2.75, 3.05) is 13.7 Å².